The average Bonchev–Trinajstić information content (AvgIpc) is 2.37. The minimum absolute atomic E-state index is 0.297. The Labute approximate surface area is 105 Å². The maximum Gasteiger partial charge on any atom is 0.163 e. The van der Waals surface area contributed by atoms with E-state index in [1.165, 1.54) is 6.07 Å². The van der Waals surface area contributed by atoms with Crippen LogP contribution in [0.1, 0.15) is 16.7 Å². The number of nitrogens with one attached hydrogen (secondary N) is 1. The maximum absolute atomic E-state index is 13.4. The number of aromatic nitrogens is 1. The van der Waals surface area contributed by atoms with Crippen LogP contribution in [0, 0.1) is 18.6 Å². The second kappa shape index (κ2) is 5.69. The van der Waals surface area contributed by atoms with Gasteiger partial charge < -0.3 is 5.32 Å². The summed E-state index contributed by atoms with van der Waals surface area (Å²) in [5.41, 5.74) is 2.51. The molecule has 0 unspecified atom stereocenters. The first-order chi connectivity index (χ1) is 8.68. The lowest BCUT2D eigenvalue weighted by Gasteiger charge is -2.08. The molecule has 0 aliphatic heterocycles. The molecule has 1 N–H and O–H groups in total. The Morgan fingerprint density at radius 1 is 1.11 bits per heavy atom. The molecule has 4 heteroatoms. The molecule has 0 aliphatic rings. The molecule has 0 amide bonds. The first-order valence-electron chi connectivity index (χ1n) is 5.71. The van der Waals surface area contributed by atoms with Crippen LogP contribution in [0.5, 0.6) is 0 Å². The first kappa shape index (κ1) is 12.6. The highest BCUT2D eigenvalue weighted by molar-refractivity contribution is 5.22. The monoisotopic (exact) mass is 248 g/mol. The standard InChI is InChI=1S/C14H14F2N2/c1-10-7-17-6-5-11(10)8-18-9-12-3-2-4-13(15)14(12)16/h2-7,18H,8-9H2,1H3. The van der Waals surface area contributed by atoms with Crippen molar-refractivity contribution in [1.29, 1.82) is 0 Å². The second-order valence-electron chi connectivity index (χ2n) is 4.12. The minimum atomic E-state index is -0.811. The van der Waals surface area contributed by atoms with Crippen molar-refractivity contribution in [2.24, 2.45) is 0 Å². The zero-order valence-corrected chi connectivity index (χ0v) is 10.1. The number of aryl methyl sites for hydroxylation is 1. The van der Waals surface area contributed by atoms with Gasteiger partial charge in [-0.05, 0) is 30.2 Å². The molecule has 0 fully saturated rings. The third-order valence-corrected chi connectivity index (χ3v) is 2.80. The molecular formula is C14H14F2N2. The fourth-order valence-electron chi connectivity index (χ4n) is 1.72. The summed E-state index contributed by atoms with van der Waals surface area (Å²) < 4.78 is 26.4. The van der Waals surface area contributed by atoms with Gasteiger partial charge in [-0.1, -0.05) is 12.1 Å². The molecule has 0 bridgehead atoms. The number of pyridine rings is 1. The molecule has 0 saturated carbocycles. The molecule has 2 aromatic rings. The van der Waals surface area contributed by atoms with Crippen LogP contribution in [0.3, 0.4) is 0 Å². The molecule has 0 saturated heterocycles. The quantitative estimate of drug-likeness (QED) is 0.899. The normalized spacial score (nSPS) is 10.6. The van der Waals surface area contributed by atoms with Crippen LogP contribution in [0.15, 0.2) is 36.7 Å². The Kier molecular flexibility index (Phi) is 3.99. The van der Waals surface area contributed by atoms with Crippen LogP contribution < -0.4 is 5.32 Å². The molecule has 18 heavy (non-hydrogen) atoms. The summed E-state index contributed by atoms with van der Waals surface area (Å²) in [6, 6.07) is 6.11. The van der Waals surface area contributed by atoms with Gasteiger partial charge >= 0.3 is 0 Å². The Morgan fingerprint density at radius 2 is 1.89 bits per heavy atom. The van der Waals surface area contributed by atoms with Gasteiger partial charge in [0.1, 0.15) is 0 Å². The van der Waals surface area contributed by atoms with Gasteiger partial charge in [0, 0.05) is 31.0 Å². The highest BCUT2D eigenvalue weighted by atomic mass is 19.2. The Hall–Kier alpha value is -1.81. The highest BCUT2D eigenvalue weighted by Crippen LogP contribution is 2.11. The van der Waals surface area contributed by atoms with E-state index < -0.39 is 11.6 Å². The maximum atomic E-state index is 13.4. The molecule has 1 heterocycles. The number of hydrogen-bond acceptors (Lipinski definition) is 2. The summed E-state index contributed by atoms with van der Waals surface area (Å²) in [7, 11) is 0. The third kappa shape index (κ3) is 2.90. The minimum Gasteiger partial charge on any atom is -0.308 e. The molecule has 1 aromatic carbocycles. The Balaban J connectivity index is 1.97. The van der Waals surface area contributed by atoms with E-state index >= 15 is 0 Å². The summed E-state index contributed by atoms with van der Waals surface area (Å²) in [4.78, 5) is 4.00. The number of hydrogen-bond donors (Lipinski definition) is 1. The topological polar surface area (TPSA) is 24.9 Å². The molecule has 1 aromatic heterocycles. The predicted octanol–water partition coefficient (Wildman–Crippen LogP) is 2.96. The van der Waals surface area contributed by atoms with Crippen molar-refractivity contribution in [2.45, 2.75) is 20.0 Å². The summed E-state index contributed by atoms with van der Waals surface area (Å²) >= 11 is 0. The van der Waals surface area contributed by atoms with Crippen molar-refractivity contribution in [1.82, 2.24) is 10.3 Å². The van der Waals surface area contributed by atoms with E-state index in [0.717, 1.165) is 17.2 Å². The number of halogens is 2. The highest BCUT2D eigenvalue weighted by Gasteiger charge is 2.06. The van der Waals surface area contributed by atoms with Gasteiger partial charge in [0.2, 0.25) is 0 Å². The molecule has 0 radical (unpaired) electrons. The first-order valence-corrected chi connectivity index (χ1v) is 5.71. The van der Waals surface area contributed by atoms with Crippen molar-refractivity contribution in [2.75, 3.05) is 0 Å². The van der Waals surface area contributed by atoms with E-state index in [-0.39, 0.29) is 0 Å². The summed E-state index contributed by atoms with van der Waals surface area (Å²) in [5.74, 6) is -1.59. The smallest absolute Gasteiger partial charge is 0.163 e. The van der Waals surface area contributed by atoms with E-state index in [1.807, 2.05) is 13.0 Å². The van der Waals surface area contributed by atoms with Gasteiger partial charge in [0.25, 0.3) is 0 Å². The summed E-state index contributed by atoms with van der Waals surface area (Å²) in [6.07, 6.45) is 3.49. The van der Waals surface area contributed by atoms with Crippen molar-refractivity contribution >= 4 is 0 Å². The summed E-state index contributed by atoms with van der Waals surface area (Å²) in [6.45, 7) is 2.86. The van der Waals surface area contributed by atoms with Crippen molar-refractivity contribution in [3.63, 3.8) is 0 Å². The molecular weight excluding hydrogens is 234 g/mol. The lowest BCUT2D eigenvalue weighted by atomic mass is 10.1. The van der Waals surface area contributed by atoms with Crippen LogP contribution in [0.2, 0.25) is 0 Å². The van der Waals surface area contributed by atoms with Gasteiger partial charge in [-0.25, -0.2) is 8.78 Å². The molecule has 0 atom stereocenters. The van der Waals surface area contributed by atoms with Crippen molar-refractivity contribution in [3.8, 4) is 0 Å². The van der Waals surface area contributed by atoms with Gasteiger partial charge in [-0.3, -0.25) is 4.98 Å². The van der Waals surface area contributed by atoms with Crippen molar-refractivity contribution in [3.05, 3.63) is 65.0 Å². The summed E-state index contributed by atoms with van der Waals surface area (Å²) in [5, 5.41) is 3.09. The number of rotatable bonds is 4. The molecule has 2 rings (SSSR count). The largest absolute Gasteiger partial charge is 0.308 e. The van der Waals surface area contributed by atoms with Crippen molar-refractivity contribution < 1.29 is 8.78 Å². The average molecular weight is 248 g/mol. The molecule has 0 spiro atoms. The molecule has 94 valence electrons. The predicted molar refractivity (Wildman–Crippen MR) is 65.9 cm³/mol. The Morgan fingerprint density at radius 3 is 2.67 bits per heavy atom. The van der Waals surface area contributed by atoms with E-state index in [4.69, 9.17) is 0 Å². The van der Waals surface area contributed by atoms with Crippen LogP contribution in [-0.4, -0.2) is 4.98 Å². The van der Waals surface area contributed by atoms with Crippen LogP contribution in [0.4, 0.5) is 8.78 Å². The van der Waals surface area contributed by atoms with Gasteiger partial charge in [0.05, 0.1) is 0 Å². The van der Waals surface area contributed by atoms with Crippen LogP contribution in [0.25, 0.3) is 0 Å². The Bertz CT molecular complexity index is 541. The zero-order chi connectivity index (χ0) is 13.0. The third-order valence-electron chi connectivity index (χ3n) is 2.80. The zero-order valence-electron chi connectivity index (χ0n) is 10.1. The molecule has 0 aliphatic carbocycles. The van der Waals surface area contributed by atoms with Gasteiger partial charge in [-0.15, -0.1) is 0 Å². The van der Waals surface area contributed by atoms with Gasteiger partial charge in [0.15, 0.2) is 11.6 Å². The fraction of sp³-hybridized carbons (Fsp3) is 0.214. The van der Waals surface area contributed by atoms with E-state index in [0.29, 0.717) is 18.7 Å². The van der Waals surface area contributed by atoms with Gasteiger partial charge in [-0.2, -0.15) is 0 Å². The lowest BCUT2D eigenvalue weighted by Crippen LogP contribution is -2.15. The molecule has 2 nitrogen and oxygen atoms in total. The SMILES string of the molecule is Cc1cnccc1CNCc1cccc(F)c1F. The van der Waals surface area contributed by atoms with E-state index in [1.54, 1.807) is 18.5 Å². The fourth-order valence-corrected chi connectivity index (χ4v) is 1.72. The van der Waals surface area contributed by atoms with E-state index in [2.05, 4.69) is 10.3 Å². The number of benzene rings is 1. The second-order valence-corrected chi connectivity index (χ2v) is 4.12. The van der Waals surface area contributed by atoms with Crippen LogP contribution in [-0.2, 0) is 13.1 Å². The lowest BCUT2D eigenvalue weighted by molar-refractivity contribution is 0.492. The number of nitrogens with zero attached hydrogens (tertiary/aromatic N) is 1. The van der Waals surface area contributed by atoms with Crippen LogP contribution >= 0.6 is 0 Å². The van der Waals surface area contributed by atoms with E-state index in [9.17, 15) is 8.78 Å².